The van der Waals surface area contributed by atoms with Crippen LogP contribution in [0.5, 0.6) is 0 Å². The second-order valence-electron chi connectivity index (χ2n) is 9.33. The van der Waals surface area contributed by atoms with E-state index in [9.17, 15) is 9.59 Å². The number of esters is 1. The first-order chi connectivity index (χ1) is 16.6. The molecule has 5 nitrogen and oxygen atoms in total. The van der Waals surface area contributed by atoms with Crippen molar-refractivity contribution in [1.29, 1.82) is 0 Å². The predicted octanol–water partition coefficient (Wildman–Crippen LogP) is 6.49. The number of nitrogens with zero attached hydrogens (tertiary/aromatic N) is 1. The van der Waals surface area contributed by atoms with E-state index in [2.05, 4.69) is 70.5 Å². The average molecular weight is 520 g/mol. The molecule has 1 aromatic rings. The van der Waals surface area contributed by atoms with E-state index in [1.165, 1.54) is 21.9 Å². The van der Waals surface area contributed by atoms with E-state index in [-0.39, 0.29) is 23.7 Å². The first kappa shape index (κ1) is 31.4. The van der Waals surface area contributed by atoms with Gasteiger partial charge in [0.15, 0.2) is 6.04 Å². The van der Waals surface area contributed by atoms with Crippen LogP contribution in [0.3, 0.4) is 0 Å². The van der Waals surface area contributed by atoms with Crippen LogP contribution in [0.1, 0.15) is 65.0 Å². The molecule has 0 saturated heterocycles. The van der Waals surface area contributed by atoms with Crippen molar-refractivity contribution in [1.82, 2.24) is 0 Å². The molecule has 0 aromatic heterocycles. The monoisotopic (exact) mass is 519 g/mol. The lowest BCUT2D eigenvalue weighted by Gasteiger charge is -2.21. The minimum absolute atomic E-state index is 0.151. The van der Waals surface area contributed by atoms with Crippen molar-refractivity contribution >= 4 is 47.2 Å². The first-order valence-corrected chi connectivity index (χ1v) is 15.0. The van der Waals surface area contributed by atoms with Gasteiger partial charge in [-0.3, -0.25) is 9.79 Å². The highest BCUT2D eigenvalue weighted by Crippen LogP contribution is 2.30. The Balaban J connectivity index is 2.73. The van der Waals surface area contributed by atoms with Gasteiger partial charge in [-0.05, 0) is 42.2 Å². The Hall–Kier alpha value is -1.67. The van der Waals surface area contributed by atoms with E-state index in [0.29, 0.717) is 30.7 Å². The number of ether oxygens (including phenoxy) is 1. The van der Waals surface area contributed by atoms with E-state index in [1.54, 1.807) is 17.7 Å². The molecule has 0 bridgehead atoms. The number of hydrogen-bond acceptors (Lipinski definition) is 7. The molecule has 1 aromatic carbocycles. The van der Waals surface area contributed by atoms with Crippen LogP contribution in [-0.2, 0) is 25.4 Å². The molecule has 0 N–H and O–H groups in total. The van der Waals surface area contributed by atoms with E-state index in [4.69, 9.17) is 9.39 Å². The minimum atomic E-state index is -0.625. The zero-order chi connectivity index (χ0) is 26.4. The zero-order valence-corrected chi connectivity index (χ0v) is 24.0. The molecule has 0 radical (unpaired) electrons. The lowest BCUT2D eigenvalue weighted by Crippen LogP contribution is -2.27. The van der Waals surface area contributed by atoms with E-state index >= 15 is 0 Å². The lowest BCUT2D eigenvalue weighted by atomic mass is 9.93. The van der Waals surface area contributed by atoms with Crippen molar-refractivity contribution in [3.05, 3.63) is 47.7 Å². The Morgan fingerprint density at radius 1 is 1.09 bits per heavy atom. The molecule has 194 valence electrons. The molecule has 0 heterocycles. The highest BCUT2D eigenvalue weighted by Gasteiger charge is 2.26. The fraction of sp³-hybridized carbons (Fsp3) is 0.593. The second-order valence-corrected chi connectivity index (χ2v) is 11.9. The van der Waals surface area contributed by atoms with Gasteiger partial charge in [0.25, 0.3) is 5.97 Å². The van der Waals surface area contributed by atoms with Gasteiger partial charge >= 0.3 is 13.5 Å². The maximum absolute atomic E-state index is 12.6. The van der Waals surface area contributed by atoms with E-state index in [1.807, 2.05) is 13.0 Å². The number of hydrogen-bond donors (Lipinski definition) is 0. The van der Waals surface area contributed by atoms with Crippen molar-refractivity contribution in [2.75, 3.05) is 11.5 Å². The van der Waals surface area contributed by atoms with Gasteiger partial charge in [-0.1, -0.05) is 100 Å². The lowest BCUT2D eigenvalue weighted by molar-refractivity contribution is -0.140. The first-order valence-electron chi connectivity index (χ1n) is 12.5. The van der Waals surface area contributed by atoms with Crippen LogP contribution in [0, 0.1) is 17.8 Å². The van der Waals surface area contributed by atoms with Crippen molar-refractivity contribution in [2.45, 2.75) is 73.2 Å². The van der Waals surface area contributed by atoms with E-state index in [0.717, 1.165) is 12.8 Å². The summed E-state index contributed by atoms with van der Waals surface area (Å²) in [7, 11) is 3.49. The molecule has 0 fully saturated rings. The molecule has 0 saturated carbocycles. The molecular formula is C27H42BNO4S2. The van der Waals surface area contributed by atoms with Gasteiger partial charge in [0, 0.05) is 17.7 Å². The van der Waals surface area contributed by atoms with Crippen LogP contribution in [0.4, 0.5) is 0 Å². The van der Waals surface area contributed by atoms with Gasteiger partial charge in [-0.15, -0.1) is 0 Å². The summed E-state index contributed by atoms with van der Waals surface area (Å²) >= 11 is 0. The summed E-state index contributed by atoms with van der Waals surface area (Å²) in [6, 6.07) is 8.05. The molecule has 0 aliphatic rings. The molecule has 4 unspecified atom stereocenters. The van der Waals surface area contributed by atoms with Crippen LogP contribution < -0.4 is 0 Å². The zero-order valence-electron chi connectivity index (χ0n) is 22.4. The highest BCUT2D eigenvalue weighted by atomic mass is 33.1. The summed E-state index contributed by atoms with van der Waals surface area (Å²) in [5, 5.41) is 0. The van der Waals surface area contributed by atoms with Crippen LogP contribution in [0.25, 0.3) is 0 Å². The summed E-state index contributed by atoms with van der Waals surface area (Å²) in [5.74, 6) is 1.65. The maximum atomic E-state index is 12.6. The Bertz CT molecular complexity index is 829. The van der Waals surface area contributed by atoms with Crippen molar-refractivity contribution in [2.24, 2.45) is 22.7 Å². The van der Waals surface area contributed by atoms with Crippen LogP contribution in [-0.4, -0.2) is 43.2 Å². The van der Waals surface area contributed by atoms with Crippen LogP contribution in [0.2, 0.25) is 6.82 Å². The molecular weight excluding hydrogens is 477 g/mol. The summed E-state index contributed by atoms with van der Waals surface area (Å²) in [6.07, 6.45) is 3.61. The third kappa shape index (κ3) is 12.2. The topological polar surface area (TPSA) is 65.0 Å². The maximum Gasteiger partial charge on any atom is 0.340 e. The second kappa shape index (κ2) is 16.9. The van der Waals surface area contributed by atoms with Crippen LogP contribution >= 0.6 is 21.6 Å². The fourth-order valence-corrected chi connectivity index (χ4v) is 5.92. The average Bonchev–Trinajstić information content (AvgIpc) is 2.80. The number of rotatable bonds is 16. The standard InChI is InChI=1S/C27H42BNO4S2/c1-9-21(7)24(26(30)33-28-8)16-34-35-17-25(27(31)32-19(4)5)29-15-20(6)14-22-10-12-23(13-11-22)18(2)3/h10-13,15,18,20-21,24-25,28H,4,9,14,16-17H2,1-3,5-8H3. The van der Waals surface area contributed by atoms with E-state index < -0.39 is 12.0 Å². The SMILES string of the molecule is C=C(C)OC(=O)C(CSSCC(C(=O)OBC)C(C)CC)N=CC(C)Cc1ccc(C(C)C)cc1. The number of carbonyl (C=O) groups excluding carboxylic acids is 2. The molecule has 35 heavy (non-hydrogen) atoms. The number of aliphatic imine (C=N–C) groups is 1. The Morgan fingerprint density at radius 3 is 2.26 bits per heavy atom. The number of allylic oxidation sites excluding steroid dienone is 1. The molecule has 0 aliphatic carbocycles. The van der Waals surface area contributed by atoms with Gasteiger partial charge in [-0.2, -0.15) is 0 Å². The largest absolute Gasteiger partial charge is 0.540 e. The predicted molar refractivity (Wildman–Crippen MR) is 154 cm³/mol. The van der Waals surface area contributed by atoms with Gasteiger partial charge in [0.1, 0.15) is 0 Å². The molecule has 0 aliphatic heterocycles. The number of benzene rings is 1. The van der Waals surface area contributed by atoms with Gasteiger partial charge in [0.2, 0.25) is 0 Å². The summed E-state index contributed by atoms with van der Waals surface area (Å²) in [4.78, 5) is 29.5. The Morgan fingerprint density at radius 2 is 1.71 bits per heavy atom. The molecule has 0 spiro atoms. The van der Waals surface area contributed by atoms with Gasteiger partial charge < -0.3 is 9.39 Å². The molecule has 1 rings (SSSR count). The van der Waals surface area contributed by atoms with Crippen LogP contribution in [0.15, 0.2) is 41.6 Å². The normalized spacial score (nSPS) is 14.9. The minimum Gasteiger partial charge on any atom is -0.540 e. The number of carbonyl (C=O) groups is 2. The van der Waals surface area contributed by atoms with Crippen molar-refractivity contribution in [3.63, 3.8) is 0 Å². The smallest absolute Gasteiger partial charge is 0.340 e. The summed E-state index contributed by atoms with van der Waals surface area (Å²) in [5.41, 5.74) is 2.57. The third-order valence-electron chi connectivity index (χ3n) is 5.75. The molecule has 8 heteroatoms. The summed E-state index contributed by atoms with van der Waals surface area (Å²) < 4.78 is 10.5. The van der Waals surface area contributed by atoms with Gasteiger partial charge in [-0.25, -0.2) is 4.79 Å². The summed E-state index contributed by atoms with van der Waals surface area (Å²) in [6.45, 7) is 17.8. The highest BCUT2D eigenvalue weighted by molar-refractivity contribution is 8.76. The van der Waals surface area contributed by atoms with Crippen molar-refractivity contribution < 1.29 is 19.0 Å². The quantitative estimate of drug-likeness (QED) is 0.0621. The fourth-order valence-electron chi connectivity index (χ4n) is 3.36. The Labute approximate surface area is 221 Å². The van der Waals surface area contributed by atoms with Gasteiger partial charge in [0.05, 0.1) is 11.7 Å². The molecule has 0 amide bonds. The third-order valence-corrected chi connectivity index (χ3v) is 8.18. The Kier molecular flexibility index (Phi) is 15.2. The van der Waals surface area contributed by atoms with Crippen molar-refractivity contribution in [3.8, 4) is 0 Å². The molecule has 4 atom stereocenters.